The van der Waals surface area contributed by atoms with Crippen LogP contribution in [0.25, 0.3) is 11.4 Å². The average Bonchev–Trinajstić information content (AvgIpc) is 3.21. The molecule has 0 amide bonds. The van der Waals surface area contributed by atoms with Crippen molar-refractivity contribution in [2.75, 3.05) is 17.6 Å². The second-order valence-electron chi connectivity index (χ2n) is 7.16. The van der Waals surface area contributed by atoms with E-state index in [2.05, 4.69) is 15.5 Å². The van der Waals surface area contributed by atoms with Gasteiger partial charge in [0.2, 0.25) is 21.7 Å². The zero-order chi connectivity index (χ0) is 20.4. The van der Waals surface area contributed by atoms with Gasteiger partial charge in [-0.25, -0.2) is 8.42 Å². The Labute approximate surface area is 170 Å². The summed E-state index contributed by atoms with van der Waals surface area (Å²) < 4.78 is 31.3. The first kappa shape index (κ1) is 19.6. The molecule has 0 atom stereocenters. The summed E-state index contributed by atoms with van der Waals surface area (Å²) in [6, 6.07) is 13.9. The molecule has 0 aliphatic carbocycles. The van der Waals surface area contributed by atoms with E-state index < -0.39 is 10.0 Å². The molecule has 0 spiro atoms. The standard InChI is InChI=1S/C21H24N4O3S/c1-3-29(26,27)25-11-10-18-17(14-25)8-5-9-19(18)22-13-20-23-21(24-28-20)16-7-4-6-15(2)12-16/h4-9,12,22H,3,10-11,13-14H2,1-2H3. The summed E-state index contributed by atoms with van der Waals surface area (Å²) in [7, 11) is -3.18. The van der Waals surface area contributed by atoms with E-state index in [9.17, 15) is 8.42 Å². The van der Waals surface area contributed by atoms with Crippen LogP contribution in [-0.4, -0.2) is 35.2 Å². The number of rotatable bonds is 6. The molecule has 2 aromatic carbocycles. The first-order chi connectivity index (χ1) is 14.0. The van der Waals surface area contributed by atoms with Crippen LogP contribution in [0.2, 0.25) is 0 Å². The van der Waals surface area contributed by atoms with Crippen molar-refractivity contribution in [2.24, 2.45) is 0 Å². The monoisotopic (exact) mass is 412 g/mol. The summed E-state index contributed by atoms with van der Waals surface area (Å²) in [6.07, 6.45) is 0.677. The Morgan fingerprint density at radius 2 is 2.03 bits per heavy atom. The van der Waals surface area contributed by atoms with Gasteiger partial charge in [0.05, 0.1) is 12.3 Å². The highest BCUT2D eigenvalue weighted by Crippen LogP contribution is 2.28. The Morgan fingerprint density at radius 3 is 2.83 bits per heavy atom. The van der Waals surface area contributed by atoms with E-state index in [1.807, 2.05) is 49.4 Å². The summed E-state index contributed by atoms with van der Waals surface area (Å²) in [6.45, 7) is 5.03. The van der Waals surface area contributed by atoms with Gasteiger partial charge in [-0.15, -0.1) is 0 Å². The number of aromatic nitrogens is 2. The number of nitrogens with zero attached hydrogens (tertiary/aromatic N) is 3. The van der Waals surface area contributed by atoms with Gasteiger partial charge in [-0.3, -0.25) is 0 Å². The molecule has 1 aliphatic heterocycles. The molecular formula is C21H24N4O3S. The Morgan fingerprint density at radius 1 is 1.21 bits per heavy atom. The van der Waals surface area contributed by atoms with Gasteiger partial charge in [0.1, 0.15) is 0 Å². The number of anilines is 1. The van der Waals surface area contributed by atoms with Gasteiger partial charge < -0.3 is 9.84 Å². The van der Waals surface area contributed by atoms with Crippen LogP contribution in [0.3, 0.4) is 0 Å². The van der Waals surface area contributed by atoms with Crippen molar-refractivity contribution in [1.82, 2.24) is 14.4 Å². The number of aryl methyl sites for hydroxylation is 1. The van der Waals surface area contributed by atoms with Crippen LogP contribution in [0.4, 0.5) is 5.69 Å². The van der Waals surface area contributed by atoms with Crippen molar-refractivity contribution >= 4 is 15.7 Å². The normalized spacial score (nSPS) is 14.6. The molecule has 2 heterocycles. The molecule has 3 aromatic rings. The molecule has 4 rings (SSSR count). The topological polar surface area (TPSA) is 88.3 Å². The van der Waals surface area contributed by atoms with Crippen molar-refractivity contribution in [3.63, 3.8) is 0 Å². The lowest BCUT2D eigenvalue weighted by atomic mass is 9.99. The van der Waals surface area contributed by atoms with Gasteiger partial charge in [-0.1, -0.05) is 41.1 Å². The fraction of sp³-hybridized carbons (Fsp3) is 0.333. The van der Waals surface area contributed by atoms with Gasteiger partial charge in [0, 0.05) is 24.3 Å². The van der Waals surface area contributed by atoms with Crippen molar-refractivity contribution < 1.29 is 12.9 Å². The Kier molecular flexibility index (Phi) is 5.38. The van der Waals surface area contributed by atoms with Crippen molar-refractivity contribution in [2.45, 2.75) is 33.4 Å². The van der Waals surface area contributed by atoms with Crippen LogP contribution in [0, 0.1) is 6.92 Å². The maximum absolute atomic E-state index is 12.2. The van der Waals surface area contributed by atoms with E-state index in [4.69, 9.17) is 4.52 Å². The highest BCUT2D eigenvalue weighted by atomic mass is 32.2. The van der Waals surface area contributed by atoms with E-state index in [1.54, 1.807) is 11.2 Å². The molecule has 0 radical (unpaired) electrons. The number of benzene rings is 2. The van der Waals surface area contributed by atoms with Crippen LogP contribution in [-0.2, 0) is 29.5 Å². The summed E-state index contributed by atoms with van der Waals surface area (Å²) in [5, 5.41) is 7.44. The molecule has 0 fully saturated rings. The molecular weight excluding hydrogens is 388 g/mol. The summed E-state index contributed by atoms with van der Waals surface area (Å²) in [5.74, 6) is 1.20. The third kappa shape index (κ3) is 4.18. The predicted molar refractivity (Wildman–Crippen MR) is 112 cm³/mol. The van der Waals surface area contributed by atoms with E-state index >= 15 is 0 Å². The van der Waals surface area contributed by atoms with E-state index in [1.165, 1.54) is 0 Å². The highest BCUT2D eigenvalue weighted by Gasteiger charge is 2.26. The van der Waals surface area contributed by atoms with Crippen molar-refractivity contribution in [3.8, 4) is 11.4 Å². The Hall–Kier alpha value is -2.71. The van der Waals surface area contributed by atoms with Gasteiger partial charge in [0.15, 0.2) is 0 Å². The van der Waals surface area contributed by atoms with E-state index in [-0.39, 0.29) is 5.75 Å². The molecule has 152 valence electrons. The highest BCUT2D eigenvalue weighted by molar-refractivity contribution is 7.89. The largest absolute Gasteiger partial charge is 0.376 e. The molecule has 7 nitrogen and oxygen atoms in total. The molecule has 1 N–H and O–H groups in total. The van der Waals surface area contributed by atoms with Crippen LogP contribution in [0.15, 0.2) is 47.0 Å². The number of hydrogen-bond acceptors (Lipinski definition) is 6. The fourth-order valence-electron chi connectivity index (χ4n) is 3.57. The minimum atomic E-state index is -3.18. The zero-order valence-corrected chi connectivity index (χ0v) is 17.4. The lowest BCUT2D eigenvalue weighted by Crippen LogP contribution is -2.37. The van der Waals surface area contributed by atoms with Crippen molar-refractivity contribution in [1.29, 1.82) is 0 Å². The lowest BCUT2D eigenvalue weighted by Gasteiger charge is -2.29. The van der Waals surface area contributed by atoms with Crippen LogP contribution < -0.4 is 5.32 Å². The van der Waals surface area contributed by atoms with E-state index in [0.717, 1.165) is 27.9 Å². The number of sulfonamides is 1. The summed E-state index contributed by atoms with van der Waals surface area (Å²) >= 11 is 0. The SMILES string of the molecule is CCS(=O)(=O)N1CCc2c(cccc2NCc2nc(-c3cccc(C)c3)no2)C1. The van der Waals surface area contributed by atoms with Gasteiger partial charge >= 0.3 is 0 Å². The average molecular weight is 413 g/mol. The quantitative estimate of drug-likeness (QED) is 0.668. The van der Waals surface area contributed by atoms with Gasteiger partial charge in [0.25, 0.3) is 0 Å². The smallest absolute Gasteiger partial charge is 0.246 e. The maximum Gasteiger partial charge on any atom is 0.246 e. The fourth-order valence-corrected chi connectivity index (χ4v) is 4.64. The van der Waals surface area contributed by atoms with E-state index in [0.29, 0.717) is 37.8 Å². The van der Waals surface area contributed by atoms with Crippen LogP contribution >= 0.6 is 0 Å². The summed E-state index contributed by atoms with van der Waals surface area (Å²) in [4.78, 5) is 4.48. The molecule has 1 aliphatic rings. The number of hydrogen-bond donors (Lipinski definition) is 1. The predicted octanol–water partition coefficient (Wildman–Crippen LogP) is 3.36. The van der Waals surface area contributed by atoms with Crippen molar-refractivity contribution in [3.05, 3.63) is 65.0 Å². The zero-order valence-electron chi connectivity index (χ0n) is 16.6. The molecule has 29 heavy (non-hydrogen) atoms. The molecule has 0 unspecified atom stereocenters. The second kappa shape index (κ2) is 7.96. The second-order valence-corrected chi connectivity index (χ2v) is 9.42. The van der Waals surface area contributed by atoms with Crippen LogP contribution in [0.1, 0.15) is 29.5 Å². The van der Waals surface area contributed by atoms with Gasteiger partial charge in [-0.05, 0) is 43.5 Å². The molecule has 0 bridgehead atoms. The third-order valence-corrected chi connectivity index (χ3v) is 6.99. The van der Waals surface area contributed by atoms with Crippen LogP contribution in [0.5, 0.6) is 0 Å². The summed E-state index contributed by atoms with van der Waals surface area (Å²) in [5.41, 5.74) is 5.22. The minimum Gasteiger partial charge on any atom is -0.376 e. The first-order valence-corrected chi connectivity index (χ1v) is 11.3. The third-order valence-electron chi connectivity index (χ3n) is 5.16. The van der Waals surface area contributed by atoms with Gasteiger partial charge in [-0.2, -0.15) is 9.29 Å². The molecule has 8 heteroatoms. The first-order valence-electron chi connectivity index (χ1n) is 9.68. The molecule has 0 saturated heterocycles. The number of nitrogens with one attached hydrogen (secondary N) is 1. The number of fused-ring (bicyclic) bond motifs is 1. The lowest BCUT2D eigenvalue weighted by molar-refractivity contribution is 0.383. The Bertz CT molecular complexity index is 1120. The molecule has 1 aromatic heterocycles. The minimum absolute atomic E-state index is 0.126. The maximum atomic E-state index is 12.2. The molecule has 0 saturated carbocycles. The Balaban J connectivity index is 1.47.